The van der Waals surface area contributed by atoms with Crippen molar-refractivity contribution in [3.8, 4) is 0 Å². The molecule has 1 saturated carbocycles. The maximum absolute atomic E-state index is 5.64. The molecule has 0 aromatic carbocycles. The molecule has 0 atom stereocenters. The molecule has 90 valence electrons. The average Bonchev–Trinajstić information content (AvgIpc) is 2.95. The molecular weight excluding hydrogens is 200 g/mol. The molecule has 0 bridgehead atoms. The average molecular weight is 222 g/mol. The molecule has 0 amide bonds. The molecule has 0 radical (unpaired) electrons. The van der Waals surface area contributed by atoms with Gasteiger partial charge in [-0.25, -0.2) is 0 Å². The quantitative estimate of drug-likeness (QED) is 0.795. The first-order valence-electron chi connectivity index (χ1n) is 6.17. The van der Waals surface area contributed by atoms with Crippen molar-refractivity contribution in [2.24, 2.45) is 5.92 Å². The van der Waals surface area contributed by atoms with Crippen LogP contribution in [0.3, 0.4) is 0 Å². The van der Waals surface area contributed by atoms with Gasteiger partial charge in [0.1, 0.15) is 0 Å². The SMILES string of the molecule is CC(C)N(CCn1cc(N)cn1)CC1CC1. The third-order valence-corrected chi connectivity index (χ3v) is 3.19. The van der Waals surface area contributed by atoms with Crippen LogP contribution in [0.4, 0.5) is 5.69 Å². The molecule has 4 heteroatoms. The first-order chi connectivity index (χ1) is 7.65. The second kappa shape index (κ2) is 4.87. The molecule has 0 aliphatic heterocycles. The largest absolute Gasteiger partial charge is 0.396 e. The Bertz CT molecular complexity index is 328. The Hall–Kier alpha value is -1.03. The van der Waals surface area contributed by atoms with Gasteiger partial charge in [-0.15, -0.1) is 0 Å². The Morgan fingerprint density at radius 3 is 2.81 bits per heavy atom. The van der Waals surface area contributed by atoms with Gasteiger partial charge in [0.2, 0.25) is 0 Å². The highest BCUT2D eigenvalue weighted by Crippen LogP contribution is 2.30. The van der Waals surface area contributed by atoms with E-state index in [1.165, 1.54) is 19.4 Å². The predicted molar refractivity (Wildman–Crippen MR) is 66.1 cm³/mol. The number of hydrogen-bond donors (Lipinski definition) is 1. The minimum Gasteiger partial charge on any atom is -0.396 e. The monoisotopic (exact) mass is 222 g/mol. The zero-order chi connectivity index (χ0) is 11.5. The predicted octanol–water partition coefficient (Wildman–Crippen LogP) is 1.59. The van der Waals surface area contributed by atoms with Crippen LogP contribution in [0.2, 0.25) is 0 Å². The van der Waals surface area contributed by atoms with E-state index in [0.29, 0.717) is 6.04 Å². The van der Waals surface area contributed by atoms with Gasteiger partial charge in [-0.3, -0.25) is 9.58 Å². The molecule has 0 saturated heterocycles. The Labute approximate surface area is 97.4 Å². The second-order valence-electron chi connectivity index (χ2n) is 5.07. The van der Waals surface area contributed by atoms with Gasteiger partial charge >= 0.3 is 0 Å². The van der Waals surface area contributed by atoms with Gasteiger partial charge in [0.15, 0.2) is 0 Å². The van der Waals surface area contributed by atoms with Crippen LogP contribution in [0.1, 0.15) is 26.7 Å². The van der Waals surface area contributed by atoms with Gasteiger partial charge in [0.25, 0.3) is 0 Å². The van der Waals surface area contributed by atoms with E-state index in [4.69, 9.17) is 5.73 Å². The summed E-state index contributed by atoms with van der Waals surface area (Å²) < 4.78 is 1.93. The van der Waals surface area contributed by atoms with E-state index in [-0.39, 0.29) is 0 Å². The highest BCUT2D eigenvalue weighted by molar-refractivity contribution is 5.30. The number of nitrogen functional groups attached to an aromatic ring is 1. The summed E-state index contributed by atoms with van der Waals surface area (Å²) >= 11 is 0. The number of anilines is 1. The molecule has 1 fully saturated rings. The molecule has 1 aromatic rings. The normalized spacial score (nSPS) is 16.2. The van der Waals surface area contributed by atoms with Crippen LogP contribution in [-0.4, -0.2) is 33.8 Å². The van der Waals surface area contributed by atoms with Crippen molar-refractivity contribution in [2.45, 2.75) is 39.3 Å². The highest BCUT2D eigenvalue weighted by Gasteiger charge is 2.25. The van der Waals surface area contributed by atoms with E-state index in [0.717, 1.165) is 24.7 Å². The summed E-state index contributed by atoms with van der Waals surface area (Å²) in [6, 6.07) is 0.619. The van der Waals surface area contributed by atoms with Gasteiger partial charge in [-0.05, 0) is 32.6 Å². The van der Waals surface area contributed by atoms with Crippen molar-refractivity contribution in [3.63, 3.8) is 0 Å². The fourth-order valence-corrected chi connectivity index (χ4v) is 1.93. The lowest BCUT2D eigenvalue weighted by molar-refractivity contribution is 0.202. The lowest BCUT2D eigenvalue weighted by Crippen LogP contribution is -2.35. The fraction of sp³-hybridized carbons (Fsp3) is 0.750. The zero-order valence-electron chi connectivity index (χ0n) is 10.3. The van der Waals surface area contributed by atoms with Crippen LogP contribution in [0.5, 0.6) is 0 Å². The zero-order valence-corrected chi connectivity index (χ0v) is 10.3. The Kier molecular flexibility index (Phi) is 3.49. The number of rotatable bonds is 6. The number of nitrogens with two attached hydrogens (primary N) is 1. The van der Waals surface area contributed by atoms with Crippen LogP contribution in [-0.2, 0) is 6.54 Å². The van der Waals surface area contributed by atoms with Crippen LogP contribution in [0.15, 0.2) is 12.4 Å². The van der Waals surface area contributed by atoms with Crippen LogP contribution in [0, 0.1) is 5.92 Å². The maximum atomic E-state index is 5.64. The van der Waals surface area contributed by atoms with E-state index in [1.54, 1.807) is 6.20 Å². The lowest BCUT2D eigenvalue weighted by Gasteiger charge is -2.26. The van der Waals surface area contributed by atoms with E-state index >= 15 is 0 Å². The van der Waals surface area contributed by atoms with E-state index in [9.17, 15) is 0 Å². The van der Waals surface area contributed by atoms with Crippen LogP contribution < -0.4 is 5.73 Å². The van der Waals surface area contributed by atoms with E-state index in [2.05, 4.69) is 23.8 Å². The standard InChI is InChI=1S/C12H22N4/c1-10(2)15(8-11-3-4-11)5-6-16-9-12(13)7-14-16/h7,9-11H,3-6,8,13H2,1-2H3. The van der Waals surface area contributed by atoms with Gasteiger partial charge in [0.05, 0.1) is 18.4 Å². The first-order valence-corrected chi connectivity index (χ1v) is 6.17. The van der Waals surface area contributed by atoms with Crippen molar-refractivity contribution < 1.29 is 0 Å². The topological polar surface area (TPSA) is 47.1 Å². The molecule has 2 N–H and O–H groups in total. The van der Waals surface area contributed by atoms with Crippen molar-refractivity contribution in [1.29, 1.82) is 0 Å². The number of nitrogens with zero attached hydrogens (tertiary/aromatic N) is 3. The van der Waals surface area contributed by atoms with E-state index in [1.807, 2.05) is 10.9 Å². The molecule has 1 aliphatic carbocycles. The number of hydrogen-bond acceptors (Lipinski definition) is 3. The second-order valence-corrected chi connectivity index (χ2v) is 5.07. The van der Waals surface area contributed by atoms with Gasteiger partial charge in [-0.1, -0.05) is 0 Å². The summed E-state index contributed by atoms with van der Waals surface area (Å²) in [5.74, 6) is 0.949. The number of aromatic nitrogens is 2. The summed E-state index contributed by atoms with van der Waals surface area (Å²) in [6.07, 6.45) is 6.44. The molecule has 1 heterocycles. The maximum Gasteiger partial charge on any atom is 0.0719 e. The first kappa shape index (κ1) is 11.5. The summed E-state index contributed by atoms with van der Waals surface area (Å²) in [5.41, 5.74) is 6.39. The Morgan fingerprint density at radius 2 is 2.31 bits per heavy atom. The minimum atomic E-state index is 0.619. The Balaban J connectivity index is 1.80. The third kappa shape index (κ3) is 3.23. The molecule has 16 heavy (non-hydrogen) atoms. The fourth-order valence-electron chi connectivity index (χ4n) is 1.93. The van der Waals surface area contributed by atoms with Gasteiger partial charge < -0.3 is 5.73 Å². The lowest BCUT2D eigenvalue weighted by atomic mass is 10.2. The smallest absolute Gasteiger partial charge is 0.0719 e. The van der Waals surface area contributed by atoms with Gasteiger partial charge in [0, 0.05) is 25.3 Å². The molecule has 1 aliphatic rings. The molecule has 0 unspecified atom stereocenters. The summed E-state index contributed by atoms with van der Waals surface area (Å²) in [6.45, 7) is 7.77. The van der Waals surface area contributed by atoms with Crippen LogP contribution in [0.25, 0.3) is 0 Å². The summed E-state index contributed by atoms with van der Waals surface area (Å²) in [7, 11) is 0. The molecule has 2 rings (SSSR count). The highest BCUT2D eigenvalue weighted by atomic mass is 15.3. The molecule has 4 nitrogen and oxygen atoms in total. The Morgan fingerprint density at radius 1 is 1.56 bits per heavy atom. The summed E-state index contributed by atoms with van der Waals surface area (Å²) in [4.78, 5) is 2.54. The van der Waals surface area contributed by atoms with E-state index < -0.39 is 0 Å². The van der Waals surface area contributed by atoms with Crippen molar-refractivity contribution in [1.82, 2.24) is 14.7 Å². The molecule has 0 spiro atoms. The third-order valence-electron chi connectivity index (χ3n) is 3.19. The van der Waals surface area contributed by atoms with Gasteiger partial charge in [-0.2, -0.15) is 5.10 Å². The minimum absolute atomic E-state index is 0.619. The molecule has 1 aromatic heterocycles. The summed E-state index contributed by atoms with van der Waals surface area (Å²) in [5, 5.41) is 4.21. The van der Waals surface area contributed by atoms with Crippen molar-refractivity contribution in [2.75, 3.05) is 18.8 Å². The van der Waals surface area contributed by atoms with Crippen LogP contribution >= 0.6 is 0 Å². The van der Waals surface area contributed by atoms with Crippen molar-refractivity contribution in [3.05, 3.63) is 12.4 Å². The van der Waals surface area contributed by atoms with Crippen molar-refractivity contribution >= 4 is 5.69 Å². The molecular formula is C12H22N4.